The van der Waals surface area contributed by atoms with E-state index >= 15 is 0 Å². The number of nitrogens with one attached hydrogen (secondary N) is 1. The summed E-state index contributed by atoms with van der Waals surface area (Å²) in [5.74, 6) is -0.138. The summed E-state index contributed by atoms with van der Waals surface area (Å²) in [4.78, 5) is 2.37. The molecule has 0 aliphatic carbocycles. The van der Waals surface area contributed by atoms with Gasteiger partial charge in [-0.3, -0.25) is 4.90 Å². The Bertz CT molecular complexity index is 578. The maximum atomic E-state index is 14.5. The zero-order chi connectivity index (χ0) is 15.4. The van der Waals surface area contributed by atoms with Crippen molar-refractivity contribution < 1.29 is 4.39 Å². The normalized spacial score (nSPS) is 17.9. The fourth-order valence-corrected chi connectivity index (χ4v) is 3.58. The van der Waals surface area contributed by atoms with Crippen molar-refractivity contribution in [1.29, 1.82) is 0 Å². The summed E-state index contributed by atoms with van der Waals surface area (Å²) in [5.41, 5.74) is 1.87. The molecule has 1 N–H and O–H groups in total. The fourth-order valence-electron chi connectivity index (χ4n) is 3.08. The molecule has 1 fully saturated rings. The summed E-state index contributed by atoms with van der Waals surface area (Å²) in [5, 5.41) is 3.42. The Morgan fingerprint density at radius 2 is 1.68 bits per heavy atom. The molecule has 1 atom stereocenters. The maximum Gasteiger partial charge on any atom is 0.128 e. The molecule has 22 heavy (non-hydrogen) atoms. The fraction of sp³-hybridized carbons (Fsp3) is 0.333. The molecule has 2 aromatic carbocycles. The molecule has 1 unspecified atom stereocenters. The van der Waals surface area contributed by atoms with Crippen LogP contribution in [0.4, 0.5) is 4.39 Å². The van der Waals surface area contributed by atoms with Gasteiger partial charge in [0.1, 0.15) is 5.82 Å². The Morgan fingerprint density at radius 3 is 2.45 bits per heavy atom. The molecule has 1 aliphatic heterocycles. The average Bonchev–Trinajstić information content (AvgIpc) is 2.80. The van der Waals surface area contributed by atoms with Gasteiger partial charge in [0.15, 0.2) is 0 Å². The van der Waals surface area contributed by atoms with Crippen LogP contribution in [0.1, 0.15) is 23.6 Å². The number of hydrogen-bond acceptors (Lipinski definition) is 2. The minimum atomic E-state index is -0.138. The topological polar surface area (TPSA) is 15.3 Å². The maximum absolute atomic E-state index is 14.5. The molecule has 0 amide bonds. The lowest BCUT2D eigenvalue weighted by Gasteiger charge is -2.32. The highest BCUT2D eigenvalue weighted by Gasteiger charge is 2.26. The van der Waals surface area contributed by atoms with Crippen molar-refractivity contribution in [3.63, 3.8) is 0 Å². The first-order valence-corrected chi connectivity index (χ1v) is 8.50. The number of rotatable bonds is 3. The van der Waals surface area contributed by atoms with Gasteiger partial charge in [0.25, 0.3) is 0 Å². The van der Waals surface area contributed by atoms with Crippen LogP contribution in [0.3, 0.4) is 0 Å². The molecule has 116 valence electrons. The van der Waals surface area contributed by atoms with Crippen LogP contribution < -0.4 is 5.32 Å². The molecule has 1 aliphatic rings. The molecule has 0 aromatic heterocycles. The molecule has 0 radical (unpaired) electrons. The summed E-state index contributed by atoms with van der Waals surface area (Å²) in [6.45, 7) is 3.85. The number of halogens is 2. The predicted octanol–water partition coefficient (Wildman–Crippen LogP) is 3.97. The van der Waals surface area contributed by atoms with E-state index in [0.717, 1.165) is 48.2 Å². The van der Waals surface area contributed by atoms with Gasteiger partial charge in [0.2, 0.25) is 0 Å². The lowest BCUT2D eigenvalue weighted by atomic mass is 9.96. The van der Waals surface area contributed by atoms with Gasteiger partial charge < -0.3 is 5.32 Å². The molecule has 2 nitrogen and oxygen atoms in total. The van der Waals surface area contributed by atoms with Gasteiger partial charge in [-0.25, -0.2) is 4.39 Å². The predicted molar refractivity (Wildman–Crippen MR) is 91.4 cm³/mol. The Balaban J connectivity index is 2.06. The van der Waals surface area contributed by atoms with Crippen molar-refractivity contribution in [3.05, 3.63) is 69.9 Å². The SMILES string of the molecule is Fc1ccccc1C(c1ccccc1Br)N1CCCNCC1. The quantitative estimate of drug-likeness (QED) is 0.888. The van der Waals surface area contributed by atoms with Crippen LogP contribution >= 0.6 is 15.9 Å². The van der Waals surface area contributed by atoms with E-state index in [1.165, 1.54) is 0 Å². The Hall–Kier alpha value is -1.23. The van der Waals surface area contributed by atoms with Crippen LogP contribution in [0.2, 0.25) is 0 Å². The second-order valence-corrected chi connectivity index (χ2v) is 6.44. The molecule has 3 rings (SSSR count). The highest BCUT2D eigenvalue weighted by atomic mass is 79.9. The van der Waals surface area contributed by atoms with Gasteiger partial charge in [-0.2, -0.15) is 0 Å². The van der Waals surface area contributed by atoms with Crippen molar-refractivity contribution in [2.24, 2.45) is 0 Å². The summed E-state index contributed by atoms with van der Waals surface area (Å²) >= 11 is 3.64. The monoisotopic (exact) mass is 362 g/mol. The molecule has 2 aromatic rings. The third-order valence-electron chi connectivity index (χ3n) is 4.14. The van der Waals surface area contributed by atoms with E-state index in [2.05, 4.69) is 32.2 Å². The Kier molecular flexibility index (Phi) is 5.24. The Labute approximate surface area is 139 Å². The van der Waals surface area contributed by atoms with Crippen molar-refractivity contribution in [3.8, 4) is 0 Å². The molecule has 1 heterocycles. The zero-order valence-electron chi connectivity index (χ0n) is 12.4. The van der Waals surface area contributed by atoms with Gasteiger partial charge >= 0.3 is 0 Å². The first kappa shape index (κ1) is 15.7. The highest BCUT2D eigenvalue weighted by Crippen LogP contribution is 2.34. The highest BCUT2D eigenvalue weighted by molar-refractivity contribution is 9.10. The second-order valence-electron chi connectivity index (χ2n) is 5.59. The van der Waals surface area contributed by atoms with Crippen molar-refractivity contribution >= 4 is 15.9 Å². The summed E-state index contributed by atoms with van der Waals surface area (Å²) < 4.78 is 15.5. The van der Waals surface area contributed by atoms with Gasteiger partial charge in [-0.1, -0.05) is 52.3 Å². The van der Waals surface area contributed by atoms with E-state index in [1.807, 2.05) is 30.3 Å². The first-order chi connectivity index (χ1) is 10.8. The average molecular weight is 363 g/mol. The summed E-state index contributed by atoms with van der Waals surface area (Å²) in [6, 6.07) is 15.2. The van der Waals surface area contributed by atoms with Crippen LogP contribution in [-0.4, -0.2) is 31.1 Å². The second kappa shape index (κ2) is 7.36. The van der Waals surface area contributed by atoms with Gasteiger partial charge in [-0.15, -0.1) is 0 Å². The minimum absolute atomic E-state index is 0.0586. The van der Waals surface area contributed by atoms with Crippen LogP contribution in [0.5, 0.6) is 0 Å². The van der Waals surface area contributed by atoms with Crippen LogP contribution in [0.25, 0.3) is 0 Å². The number of nitrogens with zero attached hydrogens (tertiary/aromatic N) is 1. The van der Waals surface area contributed by atoms with E-state index in [0.29, 0.717) is 0 Å². The number of benzene rings is 2. The van der Waals surface area contributed by atoms with Gasteiger partial charge in [0, 0.05) is 29.7 Å². The van der Waals surface area contributed by atoms with Crippen molar-refractivity contribution in [2.45, 2.75) is 12.5 Å². The molecular formula is C18H20BrFN2. The smallest absolute Gasteiger partial charge is 0.128 e. The molecule has 4 heteroatoms. The Morgan fingerprint density at radius 1 is 0.955 bits per heavy atom. The van der Waals surface area contributed by atoms with Crippen molar-refractivity contribution in [2.75, 3.05) is 26.2 Å². The molecule has 1 saturated heterocycles. The lowest BCUT2D eigenvalue weighted by molar-refractivity contribution is 0.236. The van der Waals surface area contributed by atoms with Crippen molar-refractivity contribution in [1.82, 2.24) is 10.2 Å². The van der Waals surface area contributed by atoms with E-state index < -0.39 is 0 Å². The first-order valence-electron chi connectivity index (χ1n) is 7.71. The third kappa shape index (κ3) is 3.40. The van der Waals surface area contributed by atoms with Gasteiger partial charge in [-0.05, 0) is 30.7 Å². The van der Waals surface area contributed by atoms with E-state index in [1.54, 1.807) is 12.1 Å². The zero-order valence-corrected chi connectivity index (χ0v) is 14.0. The van der Waals surface area contributed by atoms with Gasteiger partial charge in [0.05, 0.1) is 6.04 Å². The lowest BCUT2D eigenvalue weighted by Crippen LogP contribution is -2.33. The molecular weight excluding hydrogens is 343 g/mol. The summed E-state index contributed by atoms with van der Waals surface area (Å²) in [6.07, 6.45) is 1.08. The van der Waals surface area contributed by atoms with E-state index in [9.17, 15) is 4.39 Å². The van der Waals surface area contributed by atoms with E-state index in [4.69, 9.17) is 0 Å². The summed E-state index contributed by atoms with van der Waals surface area (Å²) in [7, 11) is 0. The number of hydrogen-bond donors (Lipinski definition) is 1. The molecule has 0 spiro atoms. The van der Waals surface area contributed by atoms with E-state index in [-0.39, 0.29) is 11.9 Å². The standard InChI is InChI=1S/C18H20BrFN2/c19-16-8-3-1-6-14(16)18(15-7-2-4-9-17(15)20)22-12-5-10-21-11-13-22/h1-4,6-9,18,21H,5,10-13H2. The van der Waals surface area contributed by atoms with Crippen LogP contribution in [0, 0.1) is 5.82 Å². The minimum Gasteiger partial charge on any atom is -0.315 e. The molecule has 0 bridgehead atoms. The largest absolute Gasteiger partial charge is 0.315 e. The van der Waals surface area contributed by atoms with Crippen LogP contribution in [-0.2, 0) is 0 Å². The molecule has 0 saturated carbocycles. The third-order valence-corrected chi connectivity index (χ3v) is 4.86. The van der Waals surface area contributed by atoms with Crippen LogP contribution in [0.15, 0.2) is 53.0 Å².